The van der Waals surface area contributed by atoms with Crippen LogP contribution in [-0.2, 0) is 22.6 Å². The Labute approximate surface area is 143 Å². The second-order valence-electron chi connectivity index (χ2n) is 5.64. The summed E-state index contributed by atoms with van der Waals surface area (Å²) in [6.45, 7) is 2.76. The fourth-order valence-electron chi connectivity index (χ4n) is 2.30. The normalized spacial score (nSPS) is 11.8. The van der Waals surface area contributed by atoms with E-state index in [1.807, 2.05) is 42.5 Å². The molecular weight excluding hydrogens is 304 g/mol. The molecule has 1 aromatic carbocycles. The molecular formula is C19H24N2O3. The molecule has 0 saturated heterocycles. The minimum absolute atomic E-state index is 0.0335. The molecule has 5 heteroatoms. The molecule has 0 saturated carbocycles. The van der Waals surface area contributed by atoms with E-state index in [2.05, 4.69) is 4.98 Å². The highest BCUT2D eigenvalue weighted by atomic mass is 16.5. The molecule has 1 amide bonds. The van der Waals surface area contributed by atoms with E-state index in [4.69, 9.17) is 9.47 Å². The molecule has 1 atom stereocenters. The third-order valence-electron chi connectivity index (χ3n) is 3.79. The van der Waals surface area contributed by atoms with Gasteiger partial charge in [0.2, 0.25) is 0 Å². The highest BCUT2D eigenvalue weighted by Gasteiger charge is 2.18. The molecule has 0 aliphatic carbocycles. The van der Waals surface area contributed by atoms with Crippen LogP contribution in [0.5, 0.6) is 5.75 Å². The highest BCUT2D eigenvalue weighted by Crippen LogP contribution is 2.14. The van der Waals surface area contributed by atoms with E-state index in [0.717, 1.165) is 23.4 Å². The lowest BCUT2D eigenvalue weighted by atomic mass is 10.2. The number of benzene rings is 1. The molecule has 0 spiro atoms. The van der Waals surface area contributed by atoms with Crippen LogP contribution in [0.15, 0.2) is 48.7 Å². The number of likely N-dealkylation sites (N-methyl/N-ethyl adjacent to an activating group) is 1. The van der Waals surface area contributed by atoms with E-state index < -0.39 is 6.10 Å². The maximum atomic E-state index is 12.4. The number of methoxy groups -OCH3 is 1. The molecule has 0 N–H and O–H groups in total. The van der Waals surface area contributed by atoms with E-state index in [0.29, 0.717) is 13.2 Å². The van der Waals surface area contributed by atoms with Gasteiger partial charge in [-0.2, -0.15) is 0 Å². The number of nitrogens with zero attached hydrogens (tertiary/aromatic N) is 2. The molecule has 0 aliphatic rings. The van der Waals surface area contributed by atoms with Gasteiger partial charge in [0.05, 0.1) is 13.7 Å². The average molecular weight is 328 g/mol. The van der Waals surface area contributed by atoms with Gasteiger partial charge in [0.25, 0.3) is 5.91 Å². The zero-order chi connectivity index (χ0) is 17.4. The van der Waals surface area contributed by atoms with Gasteiger partial charge in [-0.1, -0.05) is 18.2 Å². The van der Waals surface area contributed by atoms with E-state index >= 15 is 0 Å². The van der Waals surface area contributed by atoms with Crippen LogP contribution in [0.25, 0.3) is 0 Å². The van der Waals surface area contributed by atoms with Crippen molar-refractivity contribution in [2.45, 2.75) is 26.1 Å². The summed E-state index contributed by atoms with van der Waals surface area (Å²) in [5, 5.41) is 0. The topological polar surface area (TPSA) is 51.7 Å². The first-order valence-electron chi connectivity index (χ1n) is 7.99. The van der Waals surface area contributed by atoms with Crippen LogP contribution >= 0.6 is 0 Å². The number of ether oxygens (including phenoxy) is 2. The second-order valence-corrected chi connectivity index (χ2v) is 5.64. The Bertz CT molecular complexity index is 646. The van der Waals surface area contributed by atoms with Crippen LogP contribution in [0.2, 0.25) is 0 Å². The van der Waals surface area contributed by atoms with Crippen LogP contribution in [-0.4, -0.2) is 42.6 Å². The van der Waals surface area contributed by atoms with Crippen LogP contribution in [0.3, 0.4) is 0 Å². The lowest BCUT2D eigenvalue weighted by molar-refractivity contribution is -0.142. The van der Waals surface area contributed by atoms with E-state index in [9.17, 15) is 4.79 Å². The average Bonchev–Trinajstić information content (AvgIpc) is 2.64. The van der Waals surface area contributed by atoms with Crippen molar-refractivity contribution in [2.24, 2.45) is 0 Å². The minimum Gasteiger partial charge on any atom is -0.497 e. The van der Waals surface area contributed by atoms with Crippen molar-refractivity contribution < 1.29 is 14.3 Å². The summed E-state index contributed by atoms with van der Waals surface area (Å²) in [6.07, 6.45) is 1.99. The van der Waals surface area contributed by atoms with Gasteiger partial charge < -0.3 is 14.4 Å². The van der Waals surface area contributed by atoms with Crippen molar-refractivity contribution in [2.75, 3.05) is 20.7 Å². The minimum atomic E-state index is -0.495. The molecule has 0 fully saturated rings. The highest BCUT2D eigenvalue weighted by molar-refractivity contribution is 5.80. The molecule has 1 unspecified atom stereocenters. The summed E-state index contributed by atoms with van der Waals surface area (Å²) in [5.74, 6) is 0.747. The summed E-state index contributed by atoms with van der Waals surface area (Å²) in [4.78, 5) is 18.3. The van der Waals surface area contributed by atoms with Crippen molar-refractivity contribution in [1.29, 1.82) is 0 Å². The Morgan fingerprint density at radius 1 is 1.25 bits per heavy atom. The van der Waals surface area contributed by atoms with Crippen molar-refractivity contribution in [3.05, 3.63) is 59.9 Å². The largest absolute Gasteiger partial charge is 0.497 e. The number of hydrogen-bond donors (Lipinski definition) is 0. The summed E-state index contributed by atoms with van der Waals surface area (Å²) in [7, 11) is 3.42. The predicted octanol–water partition coefficient (Wildman–Crippen LogP) is 2.70. The molecule has 1 aromatic heterocycles. The Kier molecular flexibility index (Phi) is 6.75. The number of aromatic nitrogens is 1. The molecule has 24 heavy (non-hydrogen) atoms. The Morgan fingerprint density at radius 3 is 2.79 bits per heavy atom. The van der Waals surface area contributed by atoms with Crippen LogP contribution in [0, 0.1) is 0 Å². The SMILES string of the molecule is COc1cccc(COC(C)C(=O)N(C)CCc2ccccn2)c1. The molecule has 5 nitrogen and oxygen atoms in total. The van der Waals surface area contributed by atoms with Gasteiger partial charge in [-0.3, -0.25) is 9.78 Å². The summed E-state index contributed by atoms with van der Waals surface area (Å²) in [6, 6.07) is 13.4. The van der Waals surface area contributed by atoms with Crippen molar-refractivity contribution in [1.82, 2.24) is 9.88 Å². The summed E-state index contributed by atoms with van der Waals surface area (Å²) in [5.41, 5.74) is 1.95. The Morgan fingerprint density at radius 2 is 2.08 bits per heavy atom. The number of carbonyl (C=O) groups is 1. The predicted molar refractivity (Wildman–Crippen MR) is 92.8 cm³/mol. The number of rotatable bonds is 8. The summed E-state index contributed by atoms with van der Waals surface area (Å²) >= 11 is 0. The van der Waals surface area contributed by atoms with Crippen molar-refractivity contribution in [3.8, 4) is 5.75 Å². The molecule has 128 valence electrons. The van der Waals surface area contributed by atoms with Gasteiger partial charge in [-0.05, 0) is 36.8 Å². The molecule has 2 aromatic rings. The van der Waals surface area contributed by atoms with E-state index in [1.165, 1.54) is 0 Å². The fourth-order valence-corrected chi connectivity index (χ4v) is 2.30. The monoisotopic (exact) mass is 328 g/mol. The number of pyridine rings is 1. The summed E-state index contributed by atoms with van der Waals surface area (Å²) < 4.78 is 10.9. The number of hydrogen-bond acceptors (Lipinski definition) is 4. The maximum absolute atomic E-state index is 12.4. The number of carbonyl (C=O) groups excluding carboxylic acids is 1. The Balaban J connectivity index is 1.80. The molecule has 2 rings (SSSR count). The van der Waals surface area contributed by atoms with Gasteiger partial charge in [0.1, 0.15) is 11.9 Å². The number of amides is 1. The quantitative estimate of drug-likeness (QED) is 0.748. The lowest BCUT2D eigenvalue weighted by Gasteiger charge is -2.21. The van der Waals surface area contributed by atoms with Crippen LogP contribution < -0.4 is 4.74 Å². The van der Waals surface area contributed by atoms with Crippen LogP contribution in [0.1, 0.15) is 18.2 Å². The molecule has 1 heterocycles. The zero-order valence-corrected chi connectivity index (χ0v) is 14.4. The van der Waals surface area contributed by atoms with Crippen molar-refractivity contribution in [3.63, 3.8) is 0 Å². The van der Waals surface area contributed by atoms with Crippen LogP contribution in [0.4, 0.5) is 0 Å². The fraction of sp³-hybridized carbons (Fsp3) is 0.368. The first kappa shape index (κ1) is 17.9. The van der Waals surface area contributed by atoms with Crippen molar-refractivity contribution >= 4 is 5.91 Å². The van der Waals surface area contributed by atoms with E-state index in [-0.39, 0.29) is 5.91 Å². The van der Waals surface area contributed by atoms with Gasteiger partial charge in [-0.25, -0.2) is 0 Å². The Hall–Kier alpha value is -2.40. The van der Waals surface area contributed by atoms with Gasteiger partial charge in [0, 0.05) is 31.9 Å². The maximum Gasteiger partial charge on any atom is 0.251 e. The zero-order valence-electron chi connectivity index (χ0n) is 14.4. The van der Waals surface area contributed by atoms with Gasteiger partial charge in [-0.15, -0.1) is 0 Å². The van der Waals surface area contributed by atoms with E-state index in [1.54, 1.807) is 32.2 Å². The second kappa shape index (κ2) is 9.03. The first-order valence-corrected chi connectivity index (χ1v) is 7.99. The third-order valence-corrected chi connectivity index (χ3v) is 3.79. The molecule has 0 bridgehead atoms. The van der Waals surface area contributed by atoms with Gasteiger partial charge >= 0.3 is 0 Å². The third kappa shape index (κ3) is 5.35. The standard InChI is InChI=1S/C19H24N2O3/c1-15(24-14-16-7-6-9-18(13-16)23-3)19(22)21(2)12-10-17-8-4-5-11-20-17/h4-9,11,13,15H,10,12,14H2,1-3H3. The molecule has 0 radical (unpaired) electrons. The lowest BCUT2D eigenvalue weighted by Crippen LogP contribution is -2.37. The first-order chi connectivity index (χ1) is 11.6. The molecule has 0 aliphatic heterocycles. The smallest absolute Gasteiger partial charge is 0.251 e. The van der Waals surface area contributed by atoms with Gasteiger partial charge in [0.15, 0.2) is 0 Å².